The summed E-state index contributed by atoms with van der Waals surface area (Å²) in [7, 11) is 0. The number of hydrogen-bond acceptors (Lipinski definition) is 4. The van der Waals surface area contributed by atoms with Crippen LogP contribution in [-0.4, -0.2) is 22.6 Å². The fourth-order valence-electron chi connectivity index (χ4n) is 3.44. The monoisotopic (exact) mass is 333 g/mol. The van der Waals surface area contributed by atoms with Crippen molar-refractivity contribution in [3.8, 4) is 0 Å². The number of ether oxygens (including phenoxy) is 1. The van der Waals surface area contributed by atoms with Crippen LogP contribution in [0.5, 0.6) is 0 Å². The molecular formula is C17H17ClFN3O. The molecule has 1 fully saturated rings. The number of rotatable bonds is 2. The zero-order valence-electron chi connectivity index (χ0n) is 12.8. The summed E-state index contributed by atoms with van der Waals surface area (Å²) < 4.78 is 19.1. The van der Waals surface area contributed by atoms with Crippen molar-refractivity contribution < 1.29 is 9.13 Å². The Kier molecular flexibility index (Phi) is 3.70. The molecule has 2 aliphatic heterocycles. The molecule has 1 aromatic carbocycles. The third-order valence-electron chi connectivity index (χ3n) is 4.63. The number of hydrogen-bond donors (Lipinski definition) is 0. The lowest BCUT2D eigenvalue weighted by molar-refractivity contribution is 0.0923. The van der Waals surface area contributed by atoms with Gasteiger partial charge in [-0.3, -0.25) is 0 Å². The molecule has 0 saturated carbocycles. The number of halogens is 2. The first kappa shape index (κ1) is 14.8. The molecule has 1 aromatic heterocycles. The lowest BCUT2D eigenvalue weighted by Crippen LogP contribution is -2.28. The molecule has 4 rings (SSSR count). The van der Waals surface area contributed by atoms with E-state index in [4.69, 9.17) is 16.3 Å². The molecule has 2 aliphatic rings. The summed E-state index contributed by atoms with van der Waals surface area (Å²) in [6.45, 7) is 3.62. The van der Waals surface area contributed by atoms with Crippen LogP contribution in [-0.2, 0) is 11.3 Å². The standard InChI is InChI=1S/C17H17ClFN3O/c1-10-3-2-8-22(10)16-13-9-23-15(14(13)20-17(18)21-16)11-4-6-12(19)7-5-11/h4-7,10,15H,2-3,8-9H2,1H3. The Hall–Kier alpha value is -1.72. The van der Waals surface area contributed by atoms with Gasteiger partial charge in [0, 0.05) is 18.2 Å². The van der Waals surface area contributed by atoms with Crippen molar-refractivity contribution in [3.63, 3.8) is 0 Å². The van der Waals surface area contributed by atoms with Gasteiger partial charge in [-0.2, -0.15) is 0 Å². The van der Waals surface area contributed by atoms with E-state index in [0.29, 0.717) is 12.6 Å². The van der Waals surface area contributed by atoms with Crippen LogP contribution in [0.3, 0.4) is 0 Å². The maximum Gasteiger partial charge on any atom is 0.224 e. The van der Waals surface area contributed by atoms with Gasteiger partial charge < -0.3 is 9.64 Å². The highest BCUT2D eigenvalue weighted by atomic mass is 35.5. The third kappa shape index (κ3) is 2.58. The van der Waals surface area contributed by atoms with Crippen molar-refractivity contribution in [3.05, 3.63) is 52.2 Å². The largest absolute Gasteiger partial charge is 0.362 e. The van der Waals surface area contributed by atoms with Gasteiger partial charge >= 0.3 is 0 Å². The van der Waals surface area contributed by atoms with Crippen LogP contribution in [0.15, 0.2) is 24.3 Å². The molecule has 2 atom stereocenters. The number of anilines is 1. The van der Waals surface area contributed by atoms with Gasteiger partial charge in [0.05, 0.1) is 12.3 Å². The summed E-state index contributed by atoms with van der Waals surface area (Å²) in [4.78, 5) is 11.1. The number of fused-ring (bicyclic) bond motifs is 1. The lowest BCUT2D eigenvalue weighted by atomic mass is 10.0. The highest BCUT2D eigenvalue weighted by Crippen LogP contribution is 2.40. The highest BCUT2D eigenvalue weighted by Gasteiger charge is 2.34. The molecule has 2 unspecified atom stereocenters. The second kappa shape index (κ2) is 5.73. The summed E-state index contributed by atoms with van der Waals surface area (Å²) in [5.74, 6) is 0.619. The van der Waals surface area contributed by atoms with Gasteiger partial charge in [0.2, 0.25) is 5.28 Å². The average molecular weight is 334 g/mol. The van der Waals surface area contributed by atoms with Gasteiger partial charge in [0.25, 0.3) is 0 Å². The van der Waals surface area contributed by atoms with E-state index in [-0.39, 0.29) is 17.2 Å². The van der Waals surface area contributed by atoms with E-state index in [9.17, 15) is 4.39 Å². The van der Waals surface area contributed by atoms with E-state index in [1.165, 1.54) is 12.1 Å². The highest BCUT2D eigenvalue weighted by molar-refractivity contribution is 6.28. The first-order valence-corrected chi connectivity index (χ1v) is 8.21. The lowest BCUT2D eigenvalue weighted by Gasteiger charge is -2.24. The van der Waals surface area contributed by atoms with E-state index < -0.39 is 0 Å². The smallest absolute Gasteiger partial charge is 0.224 e. The van der Waals surface area contributed by atoms with Crippen molar-refractivity contribution in [2.45, 2.75) is 38.5 Å². The summed E-state index contributed by atoms with van der Waals surface area (Å²) in [6, 6.07) is 6.76. The number of nitrogens with zero attached hydrogens (tertiary/aromatic N) is 3. The summed E-state index contributed by atoms with van der Waals surface area (Å²) in [5, 5.41) is 0.232. The molecule has 120 valence electrons. The Bertz CT molecular complexity index is 737. The molecule has 0 radical (unpaired) electrons. The van der Waals surface area contributed by atoms with E-state index in [1.807, 2.05) is 0 Å². The fourth-order valence-corrected chi connectivity index (χ4v) is 3.61. The molecule has 1 saturated heterocycles. The minimum atomic E-state index is -0.317. The maximum absolute atomic E-state index is 13.2. The van der Waals surface area contributed by atoms with Crippen molar-refractivity contribution in [1.29, 1.82) is 0 Å². The minimum absolute atomic E-state index is 0.232. The quantitative estimate of drug-likeness (QED) is 0.782. The van der Waals surface area contributed by atoms with Crippen LogP contribution in [0.4, 0.5) is 10.2 Å². The third-order valence-corrected chi connectivity index (χ3v) is 4.80. The van der Waals surface area contributed by atoms with Crippen LogP contribution < -0.4 is 4.90 Å². The predicted octanol–water partition coefficient (Wildman–Crippen LogP) is 3.88. The van der Waals surface area contributed by atoms with E-state index in [1.54, 1.807) is 12.1 Å². The van der Waals surface area contributed by atoms with Gasteiger partial charge in [-0.05, 0) is 49.1 Å². The van der Waals surface area contributed by atoms with Crippen LogP contribution in [0.25, 0.3) is 0 Å². The van der Waals surface area contributed by atoms with Crippen LogP contribution >= 0.6 is 11.6 Å². The van der Waals surface area contributed by atoms with Gasteiger partial charge in [0.15, 0.2) is 0 Å². The zero-order valence-corrected chi connectivity index (χ0v) is 13.6. The van der Waals surface area contributed by atoms with Crippen molar-refractivity contribution >= 4 is 17.4 Å². The second-order valence-corrected chi connectivity index (χ2v) is 6.45. The Balaban J connectivity index is 1.77. The van der Waals surface area contributed by atoms with Crippen molar-refractivity contribution in [2.24, 2.45) is 0 Å². The summed E-state index contributed by atoms with van der Waals surface area (Å²) in [5.41, 5.74) is 2.67. The molecule has 2 aromatic rings. The molecule has 0 N–H and O–H groups in total. The summed E-state index contributed by atoms with van der Waals surface area (Å²) >= 11 is 6.17. The molecule has 0 aliphatic carbocycles. The van der Waals surface area contributed by atoms with Gasteiger partial charge in [0.1, 0.15) is 17.7 Å². The normalized spacial score (nSPS) is 23.3. The fraction of sp³-hybridized carbons (Fsp3) is 0.412. The molecule has 6 heteroatoms. The first-order valence-electron chi connectivity index (χ1n) is 7.83. The predicted molar refractivity (Wildman–Crippen MR) is 86.1 cm³/mol. The van der Waals surface area contributed by atoms with E-state index in [0.717, 1.165) is 42.0 Å². The minimum Gasteiger partial charge on any atom is -0.362 e. The van der Waals surface area contributed by atoms with Crippen LogP contribution in [0.1, 0.15) is 42.7 Å². The molecule has 0 amide bonds. The first-order chi connectivity index (χ1) is 11.1. The molecule has 4 nitrogen and oxygen atoms in total. The molecule has 0 spiro atoms. The van der Waals surface area contributed by atoms with E-state index >= 15 is 0 Å². The SMILES string of the molecule is CC1CCCN1c1nc(Cl)nc2c1COC2c1ccc(F)cc1. The molecule has 0 bridgehead atoms. The average Bonchev–Trinajstić information content (AvgIpc) is 3.14. The Labute approximate surface area is 139 Å². The topological polar surface area (TPSA) is 38.2 Å². The number of aromatic nitrogens is 2. The molecule has 23 heavy (non-hydrogen) atoms. The van der Waals surface area contributed by atoms with Crippen molar-refractivity contribution in [2.75, 3.05) is 11.4 Å². The molecular weight excluding hydrogens is 317 g/mol. The van der Waals surface area contributed by atoms with Gasteiger partial charge in [-0.25, -0.2) is 14.4 Å². The van der Waals surface area contributed by atoms with Crippen LogP contribution in [0, 0.1) is 5.82 Å². The second-order valence-electron chi connectivity index (χ2n) is 6.11. The summed E-state index contributed by atoms with van der Waals surface area (Å²) in [6.07, 6.45) is 1.99. The van der Waals surface area contributed by atoms with Crippen LogP contribution in [0.2, 0.25) is 5.28 Å². The zero-order chi connectivity index (χ0) is 16.0. The van der Waals surface area contributed by atoms with E-state index in [2.05, 4.69) is 21.8 Å². The van der Waals surface area contributed by atoms with Gasteiger partial charge in [-0.15, -0.1) is 0 Å². The molecule has 3 heterocycles. The van der Waals surface area contributed by atoms with Gasteiger partial charge in [-0.1, -0.05) is 12.1 Å². The maximum atomic E-state index is 13.2. The number of benzene rings is 1. The Morgan fingerprint density at radius 3 is 2.74 bits per heavy atom. The Morgan fingerprint density at radius 2 is 2.04 bits per heavy atom. The Morgan fingerprint density at radius 1 is 1.26 bits per heavy atom. The van der Waals surface area contributed by atoms with Crippen molar-refractivity contribution in [1.82, 2.24) is 9.97 Å².